The van der Waals surface area contributed by atoms with Gasteiger partial charge >= 0.3 is 77.6 Å². The zero-order chi connectivity index (χ0) is 0. The Hall–Kier alpha value is 2.44. The van der Waals surface area contributed by atoms with Gasteiger partial charge in [0.2, 0.25) is 0 Å². The first kappa shape index (κ1) is 32.0. The van der Waals surface area contributed by atoms with Gasteiger partial charge in [0.05, 0.1) is 0 Å². The van der Waals surface area contributed by atoms with Gasteiger partial charge in [-0.15, -0.1) is 0 Å². The monoisotopic (exact) mass is 162 g/mol. The zero-order valence-corrected chi connectivity index (χ0v) is 7.94. The van der Waals surface area contributed by atoms with Crippen LogP contribution in [0.2, 0.25) is 0 Å². The molecular weight excluding hydrogens is 162 g/mol. The zero-order valence-electron chi connectivity index (χ0n) is 2.36. The molecule has 0 fully saturated rings. The van der Waals surface area contributed by atoms with Crippen LogP contribution in [-0.4, -0.2) is 5.48 Å². The third-order valence-electron chi connectivity index (χ3n) is 0. The predicted molar refractivity (Wildman–Crippen MR) is 2.62 cm³/mol. The van der Waals surface area contributed by atoms with Crippen molar-refractivity contribution in [3.63, 3.8) is 0 Å². The summed E-state index contributed by atoms with van der Waals surface area (Å²) < 4.78 is 0. The predicted octanol–water partition coefficient (Wildman–Crippen LogP) is -3.29. The molecule has 16 valence electrons. The van der Waals surface area contributed by atoms with Crippen molar-refractivity contribution in [2.45, 2.75) is 0 Å². The van der Waals surface area contributed by atoms with Crippen LogP contribution in [0.4, 0.5) is 0 Å². The minimum atomic E-state index is 0. The van der Waals surface area contributed by atoms with Crippen molar-refractivity contribution < 1.29 is 88.5 Å². The smallest absolute Gasteiger partial charge is 2.00 e. The fourth-order valence-corrected chi connectivity index (χ4v) is 0. The molecule has 0 saturated carbocycles. The van der Waals surface area contributed by atoms with Crippen molar-refractivity contribution >= 4 is 0 Å². The molecular formula is HKO2Zr+2. The van der Waals surface area contributed by atoms with Crippen LogP contribution < -0.4 is 51.4 Å². The van der Waals surface area contributed by atoms with E-state index in [4.69, 9.17) is 0 Å². The standard InChI is InChI=1S/K.H2O.O.Zr/h;1H2;;/q+1;;-2;+4/p-1. The SMILES string of the molecule is [K+].[O-2].[OH-].[Zr+4]. The van der Waals surface area contributed by atoms with E-state index >= 15 is 0 Å². The van der Waals surface area contributed by atoms with Crippen LogP contribution in [0.15, 0.2) is 0 Å². The molecule has 0 bridgehead atoms. The number of hydrogen-bond acceptors (Lipinski definition) is 1. The van der Waals surface area contributed by atoms with Crippen LogP contribution in [-0.2, 0) is 31.7 Å². The third kappa shape index (κ3) is 8.83. The average molecular weight is 163 g/mol. The maximum atomic E-state index is 0. The summed E-state index contributed by atoms with van der Waals surface area (Å²) in [6.45, 7) is 0. The normalized spacial score (nSPS) is 0. The Balaban J connectivity index is 0. The van der Waals surface area contributed by atoms with Crippen LogP contribution in [0.3, 0.4) is 0 Å². The van der Waals surface area contributed by atoms with Crippen LogP contribution in [0.25, 0.3) is 0 Å². The molecule has 0 aliphatic heterocycles. The van der Waals surface area contributed by atoms with Crippen LogP contribution in [0.5, 0.6) is 0 Å². The first-order valence-corrected chi connectivity index (χ1v) is 0. The summed E-state index contributed by atoms with van der Waals surface area (Å²) in [6.07, 6.45) is 0. The third-order valence-corrected chi connectivity index (χ3v) is 0. The van der Waals surface area contributed by atoms with E-state index in [-0.39, 0.29) is 88.5 Å². The van der Waals surface area contributed by atoms with Gasteiger partial charge in [-0.3, -0.25) is 0 Å². The van der Waals surface area contributed by atoms with Gasteiger partial charge in [0, 0.05) is 0 Å². The Morgan fingerprint density at radius 3 is 1.00 bits per heavy atom. The Morgan fingerprint density at radius 1 is 1.00 bits per heavy atom. The summed E-state index contributed by atoms with van der Waals surface area (Å²) in [7, 11) is 0. The van der Waals surface area contributed by atoms with Gasteiger partial charge in [0.15, 0.2) is 0 Å². The first-order valence-electron chi connectivity index (χ1n) is 0. The summed E-state index contributed by atoms with van der Waals surface area (Å²) in [4.78, 5) is 0. The van der Waals surface area contributed by atoms with Crippen molar-refractivity contribution in [1.82, 2.24) is 0 Å². The molecule has 0 radical (unpaired) electrons. The molecule has 0 saturated heterocycles. The van der Waals surface area contributed by atoms with E-state index in [2.05, 4.69) is 0 Å². The molecule has 1 N–H and O–H groups in total. The Morgan fingerprint density at radius 2 is 1.00 bits per heavy atom. The summed E-state index contributed by atoms with van der Waals surface area (Å²) in [5.41, 5.74) is 0. The largest absolute Gasteiger partial charge is 4.00 e. The van der Waals surface area contributed by atoms with E-state index in [0.717, 1.165) is 0 Å². The Bertz CT molecular complexity index is 6.00. The molecule has 0 spiro atoms. The molecule has 0 aromatic heterocycles. The Labute approximate surface area is 86.5 Å². The van der Waals surface area contributed by atoms with Crippen LogP contribution >= 0.6 is 0 Å². The van der Waals surface area contributed by atoms with E-state index in [0.29, 0.717) is 0 Å². The van der Waals surface area contributed by atoms with E-state index < -0.39 is 0 Å². The topological polar surface area (TPSA) is 58.5 Å². The summed E-state index contributed by atoms with van der Waals surface area (Å²) in [5, 5.41) is 0. The molecule has 0 aromatic rings. The maximum absolute atomic E-state index is 0. The molecule has 0 heterocycles. The average Bonchev–Trinajstić information content (AvgIpc) is 0. The molecule has 0 amide bonds. The number of rotatable bonds is 0. The second kappa shape index (κ2) is 18.0. The minimum absolute atomic E-state index is 0. The van der Waals surface area contributed by atoms with E-state index in [9.17, 15) is 0 Å². The quantitative estimate of drug-likeness (QED) is 0.345. The second-order valence-electron chi connectivity index (χ2n) is 0. The minimum Gasteiger partial charge on any atom is -2.00 e. The van der Waals surface area contributed by atoms with Crippen LogP contribution in [0.1, 0.15) is 0 Å². The van der Waals surface area contributed by atoms with E-state index in [1.165, 1.54) is 0 Å². The van der Waals surface area contributed by atoms with Crippen molar-refractivity contribution in [2.75, 3.05) is 0 Å². The molecule has 0 aromatic carbocycles. The van der Waals surface area contributed by atoms with Crippen molar-refractivity contribution in [2.24, 2.45) is 0 Å². The maximum Gasteiger partial charge on any atom is 4.00 e. The van der Waals surface area contributed by atoms with Crippen molar-refractivity contribution in [1.29, 1.82) is 0 Å². The number of hydrogen-bond donors (Lipinski definition) is 0. The molecule has 0 aliphatic rings. The summed E-state index contributed by atoms with van der Waals surface area (Å²) in [6, 6.07) is 0. The fraction of sp³-hybridized carbons (Fsp3) is 0. The van der Waals surface area contributed by atoms with Gasteiger partial charge in [-0.2, -0.15) is 0 Å². The molecule has 0 rings (SSSR count). The molecule has 2 nitrogen and oxygen atoms in total. The molecule has 0 unspecified atom stereocenters. The summed E-state index contributed by atoms with van der Waals surface area (Å²) in [5.74, 6) is 0. The van der Waals surface area contributed by atoms with Gasteiger partial charge in [0.25, 0.3) is 0 Å². The van der Waals surface area contributed by atoms with E-state index in [1.807, 2.05) is 0 Å². The molecule has 4 heavy (non-hydrogen) atoms. The van der Waals surface area contributed by atoms with E-state index in [1.54, 1.807) is 0 Å². The first-order chi connectivity index (χ1) is 0. The molecule has 0 atom stereocenters. The summed E-state index contributed by atoms with van der Waals surface area (Å²) >= 11 is 0. The molecule has 0 aliphatic carbocycles. The van der Waals surface area contributed by atoms with Gasteiger partial charge in [-0.25, -0.2) is 0 Å². The van der Waals surface area contributed by atoms with Gasteiger partial charge in [0.1, 0.15) is 0 Å². The van der Waals surface area contributed by atoms with Crippen LogP contribution in [0, 0.1) is 0 Å². The van der Waals surface area contributed by atoms with Gasteiger partial charge in [-0.05, 0) is 0 Å². The van der Waals surface area contributed by atoms with Gasteiger partial charge in [-0.1, -0.05) is 0 Å². The second-order valence-corrected chi connectivity index (χ2v) is 0. The Kier molecular flexibility index (Phi) is 144. The van der Waals surface area contributed by atoms with Crippen molar-refractivity contribution in [3.8, 4) is 0 Å². The van der Waals surface area contributed by atoms with Gasteiger partial charge < -0.3 is 11.0 Å². The fourth-order valence-electron chi connectivity index (χ4n) is 0. The van der Waals surface area contributed by atoms with Crippen molar-refractivity contribution in [3.05, 3.63) is 0 Å². The molecule has 4 heteroatoms.